The van der Waals surface area contributed by atoms with E-state index in [0.717, 1.165) is 28.6 Å². The van der Waals surface area contributed by atoms with Crippen LogP contribution in [0.5, 0.6) is 11.5 Å². The van der Waals surface area contributed by atoms with Crippen molar-refractivity contribution in [2.45, 2.75) is 12.8 Å². The van der Waals surface area contributed by atoms with E-state index < -0.39 is 0 Å². The lowest BCUT2D eigenvalue weighted by Gasteiger charge is -2.28. The lowest BCUT2D eigenvalue weighted by atomic mass is 10.0. The molecule has 0 unspecified atom stereocenters. The third-order valence-corrected chi connectivity index (χ3v) is 4.82. The number of nitriles is 1. The Morgan fingerprint density at radius 2 is 2.15 bits per heavy atom. The van der Waals surface area contributed by atoms with Crippen LogP contribution in [0, 0.1) is 11.3 Å². The number of hydrogen-bond acceptors (Lipinski definition) is 4. The smallest absolute Gasteiger partial charge is 0.250 e. The highest BCUT2D eigenvalue weighted by Crippen LogP contribution is 2.31. The van der Waals surface area contributed by atoms with Crippen molar-refractivity contribution >= 4 is 33.6 Å². The van der Waals surface area contributed by atoms with Crippen LogP contribution in [-0.4, -0.2) is 26.2 Å². The first-order valence-electron chi connectivity index (χ1n) is 8.58. The Morgan fingerprint density at radius 1 is 1.30 bits per heavy atom. The summed E-state index contributed by atoms with van der Waals surface area (Å²) in [5.41, 5.74) is 2.97. The molecule has 0 radical (unpaired) electrons. The van der Waals surface area contributed by atoms with E-state index in [1.807, 2.05) is 29.2 Å². The minimum absolute atomic E-state index is 0.0471. The lowest BCUT2D eigenvalue weighted by Crippen LogP contribution is -2.34. The van der Waals surface area contributed by atoms with E-state index in [-0.39, 0.29) is 12.5 Å². The average molecular weight is 427 g/mol. The molecule has 0 aromatic heterocycles. The molecule has 3 rings (SSSR count). The Morgan fingerprint density at radius 3 is 2.93 bits per heavy atom. The molecule has 0 saturated heterocycles. The number of halogens is 1. The molecule has 5 nitrogen and oxygen atoms in total. The van der Waals surface area contributed by atoms with Crippen LogP contribution in [-0.2, 0) is 11.2 Å². The SMILES string of the molecule is COc1cc(C=CC(=O)N2CCCc3cc(Br)ccc32)ccc1OCC#N. The molecule has 1 amide bonds. The van der Waals surface area contributed by atoms with E-state index in [1.54, 1.807) is 24.3 Å². The molecule has 0 aliphatic carbocycles. The number of anilines is 1. The van der Waals surface area contributed by atoms with E-state index in [4.69, 9.17) is 14.7 Å². The van der Waals surface area contributed by atoms with Crippen LogP contribution in [0.4, 0.5) is 5.69 Å². The Labute approximate surface area is 166 Å². The summed E-state index contributed by atoms with van der Waals surface area (Å²) in [5.74, 6) is 0.966. The van der Waals surface area contributed by atoms with E-state index in [0.29, 0.717) is 18.0 Å². The second kappa shape index (κ2) is 8.74. The highest BCUT2D eigenvalue weighted by molar-refractivity contribution is 9.10. The molecule has 2 aromatic carbocycles. The molecular weight excluding hydrogens is 408 g/mol. The number of ether oxygens (including phenoxy) is 2. The van der Waals surface area contributed by atoms with Gasteiger partial charge in [-0.3, -0.25) is 4.79 Å². The fraction of sp³-hybridized carbons (Fsp3) is 0.238. The van der Waals surface area contributed by atoms with E-state index >= 15 is 0 Å². The van der Waals surface area contributed by atoms with Gasteiger partial charge in [-0.15, -0.1) is 0 Å². The van der Waals surface area contributed by atoms with Gasteiger partial charge in [-0.1, -0.05) is 22.0 Å². The highest BCUT2D eigenvalue weighted by atomic mass is 79.9. The van der Waals surface area contributed by atoms with Crippen LogP contribution >= 0.6 is 15.9 Å². The summed E-state index contributed by atoms with van der Waals surface area (Å²) in [6, 6.07) is 13.3. The minimum atomic E-state index is -0.0537. The van der Waals surface area contributed by atoms with E-state index in [9.17, 15) is 4.79 Å². The highest BCUT2D eigenvalue weighted by Gasteiger charge is 2.21. The molecule has 0 bridgehead atoms. The summed E-state index contributed by atoms with van der Waals surface area (Å²) >= 11 is 3.49. The first kappa shape index (κ1) is 19.0. The summed E-state index contributed by atoms with van der Waals surface area (Å²) in [4.78, 5) is 14.5. The Hall–Kier alpha value is -2.78. The van der Waals surface area contributed by atoms with Gasteiger partial charge in [0.15, 0.2) is 18.1 Å². The zero-order valence-electron chi connectivity index (χ0n) is 14.9. The molecule has 1 aliphatic rings. The molecule has 1 heterocycles. The van der Waals surface area contributed by atoms with Crippen LogP contribution in [0.15, 0.2) is 46.9 Å². The van der Waals surface area contributed by atoms with Crippen molar-refractivity contribution in [1.29, 1.82) is 5.26 Å². The number of nitrogens with zero attached hydrogens (tertiary/aromatic N) is 2. The lowest BCUT2D eigenvalue weighted by molar-refractivity contribution is -0.114. The molecule has 138 valence electrons. The van der Waals surface area contributed by atoms with Crippen molar-refractivity contribution in [1.82, 2.24) is 0 Å². The largest absolute Gasteiger partial charge is 0.493 e. The predicted molar refractivity (Wildman–Crippen MR) is 108 cm³/mol. The summed E-state index contributed by atoms with van der Waals surface area (Å²) in [5, 5.41) is 8.63. The maximum absolute atomic E-state index is 12.7. The number of carbonyl (C=O) groups is 1. The summed E-state index contributed by atoms with van der Waals surface area (Å²) in [7, 11) is 1.54. The van der Waals surface area contributed by atoms with Crippen LogP contribution < -0.4 is 14.4 Å². The number of hydrogen-bond donors (Lipinski definition) is 0. The van der Waals surface area contributed by atoms with Gasteiger partial charge in [0.2, 0.25) is 0 Å². The average Bonchev–Trinajstić information content (AvgIpc) is 2.69. The van der Waals surface area contributed by atoms with Gasteiger partial charge in [-0.2, -0.15) is 5.26 Å². The zero-order chi connectivity index (χ0) is 19.2. The predicted octanol–water partition coefficient (Wildman–Crippen LogP) is 4.35. The summed E-state index contributed by atoms with van der Waals surface area (Å²) in [6.07, 6.45) is 5.25. The number of fused-ring (bicyclic) bond motifs is 1. The number of rotatable bonds is 5. The minimum Gasteiger partial charge on any atom is -0.493 e. The molecule has 6 heteroatoms. The van der Waals surface area contributed by atoms with Crippen molar-refractivity contribution in [3.63, 3.8) is 0 Å². The van der Waals surface area contributed by atoms with Crippen molar-refractivity contribution in [3.05, 3.63) is 58.1 Å². The van der Waals surface area contributed by atoms with Gasteiger partial charge < -0.3 is 14.4 Å². The fourth-order valence-corrected chi connectivity index (χ4v) is 3.48. The zero-order valence-corrected chi connectivity index (χ0v) is 16.5. The van der Waals surface area contributed by atoms with Crippen LogP contribution in [0.25, 0.3) is 6.08 Å². The van der Waals surface area contributed by atoms with E-state index in [2.05, 4.69) is 22.0 Å². The molecular formula is C21H19BrN2O3. The summed E-state index contributed by atoms with van der Waals surface area (Å²) < 4.78 is 11.6. The van der Waals surface area contributed by atoms with Gasteiger partial charge in [0, 0.05) is 22.8 Å². The van der Waals surface area contributed by atoms with Crippen molar-refractivity contribution in [2.75, 3.05) is 25.2 Å². The molecule has 0 saturated carbocycles. The molecule has 2 aromatic rings. The first-order chi connectivity index (χ1) is 13.1. The number of benzene rings is 2. The topological polar surface area (TPSA) is 62.6 Å². The Kier molecular flexibility index (Phi) is 6.15. The van der Waals surface area contributed by atoms with Crippen LogP contribution in [0.2, 0.25) is 0 Å². The Balaban J connectivity index is 1.77. The van der Waals surface area contributed by atoms with Crippen molar-refractivity contribution in [3.8, 4) is 17.6 Å². The van der Waals surface area contributed by atoms with Crippen molar-refractivity contribution in [2.24, 2.45) is 0 Å². The molecule has 0 atom stereocenters. The van der Waals surface area contributed by atoms with Crippen LogP contribution in [0.3, 0.4) is 0 Å². The number of amides is 1. The van der Waals surface area contributed by atoms with Gasteiger partial charge in [-0.05, 0) is 60.4 Å². The summed E-state index contributed by atoms with van der Waals surface area (Å²) in [6.45, 7) is 0.663. The fourth-order valence-electron chi connectivity index (χ4n) is 3.07. The third kappa shape index (κ3) is 4.50. The third-order valence-electron chi connectivity index (χ3n) is 4.32. The van der Waals surface area contributed by atoms with Crippen LogP contribution in [0.1, 0.15) is 17.5 Å². The van der Waals surface area contributed by atoms with Gasteiger partial charge >= 0.3 is 0 Å². The Bertz CT molecular complexity index is 918. The number of carbonyl (C=O) groups excluding carboxylic acids is 1. The van der Waals surface area contributed by atoms with Gasteiger partial charge in [0.25, 0.3) is 5.91 Å². The number of methoxy groups -OCH3 is 1. The quantitative estimate of drug-likeness (QED) is 0.666. The van der Waals surface area contributed by atoms with E-state index in [1.165, 1.54) is 12.7 Å². The van der Waals surface area contributed by atoms with Gasteiger partial charge in [0.1, 0.15) is 6.07 Å². The number of aryl methyl sites for hydroxylation is 1. The van der Waals surface area contributed by atoms with Crippen molar-refractivity contribution < 1.29 is 14.3 Å². The monoisotopic (exact) mass is 426 g/mol. The maximum atomic E-state index is 12.7. The normalized spacial score (nSPS) is 13.1. The molecule has 1 aliphatic heterocycles. The molecule has 27 heavy (non-hydrogen) atoms. The van der Waals surface area contributed by atoms with Gasteiger partial charge in [0.05, 0.1) is 7.11 Å². The first-order valence-corrected chi connectivity index (χ1v) is 9.37. The molecule has 0 N–H and O–H groups in total. The molecule has 0 fully saturated rings. The maximum Gasteiger partial charge on any atom is 0.250 e. The molecule has 0 spiro atoms. The second-order valence-corrected chi connectivity index (χ2v) is 6.97. The van der Waals surface area contributed by atoms with Gasteiger partial charge in [-0.25, -0.2) is 0 Å². The standard InChI is InChI=1S/C21H19BrN2O3/c1-26-20-13-15(4-8-19(20)27-12-10-23)5-9-21(25)24-11-2-3-16-14-17(22)6-7-18(16)24/h4-9,13-14H,2-3,11-12H2,1H3. The second-order valence-electron chi connectivity index (χ2n) is 6.06.